The van der Waals surface area contributed by atoms with Crippen LogP contribution in [0.3, 0.4) is 0 Å². The van der Waals surface area contributed by atoms with E-state index in [0.29, 0.717) is 0 Å². The van der Waals surface area contributed by atoms with Crippen molar-refractivity contribution in [3.63, 3.8) is 0 Å². The number of hydrogen-bond acceptors (Lipinski definition) is 2. The second-order valence-corrected chi connectivity index (χ2v) is 7.18. The molecule has 2 fully saturated rings. The molecular weight excluding hydrogens is 329 g/mol. The number of carbonyl (C=O) groups is 1. The molecule has 0 aromatic carbocycles. The highest BCUT2D eigenvalue weighted by Crippen LogP contribution is 2.43. The zero-order valence-electron chi connectivity index (χ0n) is 10.9. The number of rotatable bonds is 1. The number of amides is 1. The van der Waals surface area contributed by atoms with Crippen LogP contribution in [0, 0.1) is 17.8 Å². The van der Waals surface area contributed by atoms with E-state index in [9.17, 15) is 4.79 Å². The van der Waals surface area contributed by atoms with E-state index in [4.69, 9.17) is 4.74 Å². The Kier molecular flexibility index (Phi) is 3.90. The highest BCUT2D eigenvalue weighted by Gasteiger charge is 2.44. The zero-order chi connectivity index (χ0) is 12.6. The molecule has 0 spiro atoms. The first kappa shape index (κ1) is 13.4. The molecule has 0 aromatic rings. The van der Waals surface area contributed by atoms with Crippen molar-refractivity contribution >= 4 is 28.7 Å². The number of fused-ring (bicyclic) bond motifs is 1. The third-order valence-corrected chi connectivity index (χ3v) is 4.99. The SMILES string of the molecule is CC(C)(C)OC(=O)N1C[C@@H]2CCC(CI)[C@@H]2C1. The second-order valence-electron chi connectivity index (χ2n) is 6.30. The van der Waals surface area contributed by atoms with E-state index in [2.05, 4.69) is 22.6 Å². The van der Waals surface area contributed by atoms with Gasteiger partial charge in [0.15, 0.2) is 0 Å². The summed E-state index contributed by atoms with van der Waals surface area (Å²) < 4.78 is 6.66. The van der Waals surface area contributed by atoms with Crippen LogP contribution in [0.4, 0.5) is 4.79 Å². The van der Waals surface area contributed by atoms with E-state index >= 15 is 0 Å². The number of ether oxygens (including phenoxy) is 1. The Hall–Kier alpha value is 0. The second kappa shape index (κ2) is 4.94. The predicted molar refractivity (Wildman–Crippen MR) is 76.4 cm³/mol. The van der Waals surface area contributed by atoms with Gasteiger partial charge in [-0.05, 0) is 51.4 Å². The number of hydrogen-bond donors (Lipinski definition) is 0. The van der Waals surface area contributed by atoms with Crippen LogP contribution in [0.1, 0.15) is 33.6 Å². The summed E-state index contributed by atoms with van der Waals surface area (Å²) in [6.45, 7) is 7.60. The highest BCUT2D eigenvalue weighted by atomic mass is 127. The summed E-state index contributed by atoms with van der Waals surface area (Å²) in [7, 11) is 0. The molecule has 98 valence electrons. The lowest BCUT2D eigenvalue weighted by Gasteiger charge is -2.25. The predicted octanol–water partition coefficient (Wildman–Crippen LogP) is 3.31. The van der Waals surface area contributed by atoms with E-state index in [-0.39, 0.29) is 11.7 Å². The van der Waals surface area contributed by atoms with Crippen LogP contribution >= 0.6 is 22.6 Å². The Labute approximate surface area is 117 Å². The molecule has 17 heavy (non-hydrogen) atoms. The maximum Gasteiger partial charge on any atom is 0.410 e. The number of halogens is 1. The van der Waals surface area contributed by atoms with Gasteiger partial charge in [0.2, 0.25) is 0 Å². The normalized spacial score (nSPS) is 32.7. The minimum absolute atomic E-state index is 0.126. The summed E-state index contributed by atoms with van der Waals surface area (Å²) in [6.07, 6.45) is 2.51. The van der Waals surface area contributed by atoms with Gasteiger partial charge in [-0.3, -0.25) is 0 Å². The molecule has 3 nitrogen and oxygen atoms in total. The van der Waals surface area contributed by atoms with Gasteiger partial charge >= 0.3 is 6.09 Å². The first-order chi connectivity index (χ1) is 7.90. The van der Waals surface area contributed by atoms with Crippen molar-refractivity contribution < 1.29 is 9.53 Å². The minimum Gasteiger partial charge on any atom is -0.444 e. The lowest BCUT2D eigenvalue weighted by atomic mass is 9.94. The zero-order valence-corrected chi connectivity index (χ0v) is 13.1. The number of nitrogens with zero attached hydrogens (tertiary/aromatic N) is 1. The smallest absolute Gasteiger partial charge is 0.410 e. The van der Waals surface area contributed by atoms with Crippen molar-refractivity contribution in [1.82, 2.24) is 4.90 Å². The molecule has 1 unspecified atom stereocenters. The van der Waals surface area contributed by atoms with Gasteiger partial charge in [-0.1, -0.05) is 22.6 Å². The van der Waals surface area contributed by atoms with Gasteiger partial charge in [0.25, 0.3) is 0 Å². The molecule has 1 amide bonds. The third kappa shape index (κ3) is 3.06. The molecule has 1 heterocycles. The Morgan fingerprint density at radius 2 is 2.06 bits per heavy atom. The van der Waals surface area contributed by atoms with E-state index in [1.165, 1.54) is 17.3 Å². The molecule has 4 heteroatoms. The number of carbonyl (C=O) groups excluding carboxylic acids is 1. The molecule has 1 aliphatic carbocycles. The summed E-state index contributed by atoms with van der Waals surface area (Å²) >= 11 is 2.48. The topological polar surface area (TPSA) is 29.5 Å². The molecule has 1 aliphatic heterocycles. The van der Waals surface area contributed by atoms with Gasteiger partial charge in [-0.15, -0.1) is 0 Å². The average molecular weight is 351 g/mol. The fourth-order valence-electron chi connectivity index (χ4n) is 3.05. The molecule has 1 saturated carbocycles. The largest absolute Gasteiger partial charge is 0.444 e. The quantitative estimate of drug-likeness (QED) is 0.536. The lowest BCUT2D eigenvalue weighted by molar-refractivity contribution is 0.0277. The van der Waals surface area contributed by atoms with Crippen LogP contribution in [-0.4, -0.2) is 34.1 Å². The number of likely N-dealkylation sites (tertiary alicyclic amines) is 1. The molecule has 0 bridgehead atoms. The van der Waals surface area contributed by atoms with Crippen molar-refractivity contribution in [2.75, 3.05) is 17.5 Å². The van der Waals surface area contributed by atoms with Crippen LogP contribution in [0.25, 0.3) is 0 Å². The highest BCUT2D eigenvalue weighted by molar-refractivity contribution is 14.1. The van der Waals surface area contributed by atoms with E-state index in [1.807, 2.05) is 25.7 Å². The molecule has 0 radical (unpaired) electrons. The van der Waals surface area contributed by atoms with Crippen molar-refractivity contribution in [2.45, 2.75) is 39.2 Å². The summed E-state index contributed by atoms with van der Waals surface area (Å²) in [5.74, 6) is 2.26. The molecule has 2 aliphatic rings. The van der Waals surface area contributed by atoms with Crippen molar-refractivity contribution in [2.24, 2.45) is 17.8 Å². The van der Waals surface area contributed by atoms with Crippen LogP contribution in [0.15, 0.2) is 0 Å². The maximum absolute atomic E-state index is 12.0. The van der Waals surface area contributed by atoms with Crippen LogP contribution in [-0.2, 0) is 4.74 Å². The molecular formula is C13H22INO2. The molecule has 1 saturated heterocycles. The first-order valence-corrected chi connectivity index (χ1v) is 7.97. The van der Waals surface area contributed by atoms with Crippen molar-refractivity contribution in [1.29, 1.82) is 0 Å². The van der Waals surface area contributed by atoms with E-state index < -0.39 is 0 Å². The van der Waals surface area contributed by atoms with Gasteiger partial charge in [-0.2, -0.15) is 0 Å². The van der Waals surface area contributed by atoms with Gasteiger partial charge in [0.05, 0.1) is 0 Å². The van der Waals surface area contributed by atoms with E-state index in [0.717, 1.165) is 30.8 Å². The summed E-state index contributed by atoms with van der Waals surface area (Å²) in [4.78, 5) is 13.9. The lowest BCUT2D eigenvalue weighted by Crippen LogP contribution is -2.36. The van der Waals surface area contributed by atoms with Gasteiger partial charge in [-0.25, -0.2) is 4.79 Å². The number of alkyl halides is 1. The Balaban J connectivity index is 1.92. The molecule has 0 N–H and O–H groups in total. The van der Waals surface area contributed by atoms with E-state index in [1.54, 1.807) is 0 Å². The summed E-state index contributed by atoms with van der Waals surface area (Å²) in [6, 6.07) is 0. The monoisotopic (exact) mass is 351 g/mol. The molecule has 2 rings (SSSR count). The third-order valence-electron chi connectivity index (χ3n) is 3.86. The molecule has 0 aromatic heterocycles. The van der Waals surface area contributed by atoms with Gasteiger partial charge in [0, 0.05) is 17.5 Å². The van der Waals surface area contributed by atoms with Crippen LogP contribution in [0.2, 0.25) is 0 Å². The van der Waals surface area contributed by atoms with Crippen molar-refractivity contribution in [3.8, 4) is 0 Å². The first-order valence-electron chi connectivity index (χ1n) is 6.44. The summed E-state index contributed by atoms with van der Waals surface area (Å²) in [5, 5.41) is 0. The Morgan fingerprint density at radius 1 is 1.35 bits per heavy atom. The standard InChI is InChI=1S/C13H22INO2/c1-13(2,3)17-12(16)15-7-10-5-4-9(6-14)11(10)8-15/h9-11H,4-8H2,1-3H3/t9?,10-,11-/m0/s1. The summed E-state index contributed by atoms with van der Waals surface area (Å²) in [5.41, 5.74) is -0.378. The average Bonchev–Trinajstić information content (AvgIpc) is 2.72. The fraction of sp³-hybridized carbons (Fsp3) is 0.923. The van der Waals surface area contributed by atoms with Crippen molar-refractivity contribution in [3.05, 3.63) is 0 Å². The van der Waals surface area contributed by atoms with Crippen LogP contribution < -0.4 is 0 Å². The van der Waals surface area contributed by atoms with Gasteiger partial charge < -0.3 is 9.64 Å². The fourth-order valence-corrected chi connectivity index (χ4v) is 4.14. The van der Waals surface area contributed by atoms with Gasteiger partial charge in [0.1, 0.15) is 5.60 Å². The minimum atomic E-state index is -0.378. The Morgan fingerprint density at radius 3 is 2.65 bits per heavy atom. The Bertz CT molecular complexity index is 300. The maximum atomic E-state index is 12.0. The van der Waals surface area contributed by atoms with Crippen LogP contribution in [0.5, 0.6) is 0 Å². The molecule has 3 atom stereocenters.